The third kappa shape index (κ3) is 13.1. The molecule has 2 saturated heterocycles. The zero-order valence-electron chi connectivity index (χ0n) is 36.1. The number of benzene rings is 3. The summed E-state index contributed by atoms with van der Waals surface area (Å²) in [4.78, 5) is 48.3. The minimum Gasteiger partial charge on any atom is -0.410 e. The van der Waals surface area contributed by atoms with Crippen LogP contribution in [0.15, 0.2) is 165 Å². The Bertz CT molecular complexity index is 2400. The lowest BCUT2D eigenvalue weighted by atomic mass is 10.0. The van der Waals surface area contributed by atoms with Gasteiger partial charge in [0.2, 0.25) is 0 Å². The molecule has 1 amide bonds. The number of hydrogen-bond donors (Lipinski definition) is 1. The number of imidazole rings is 2. The topological polar surface area (TPSA) is 127 Å². The average molecular weight is 845 g/mol. The highest BCUT2D eigenvalue weighted by atomic mass is 16.6. The van der Waals surface area contributed by atoms with Gasteiger partial charge in [0.25, 0.3) is 0 Å². The molecule has 0 saturated carbocycles. The van der Waals surface area contributed by atoms with E-state index in [0.717, 1.165) is 61.9 Å². The summed E-state index contributed by atoms with van der Waals surface area (Å²) in [5.74, 6) is 0.495. The fraction of sp³-hybridized carbons (Fsp3) is 0.280. The van der Waals surface area contributed by atoms with Gasteiger partial charge in [0.05, 0.1) is 11.4 Å². The van der Waals surface area contributed by atoms with E-state index in [1.165, 1.54) is 48.0 Å². The molecule has 324 valence electrons. The lowest BCUT2D eigenvalue weighted by Gasteiger charge is -2.36. The number of piperidine rings is 2. The minimum absolute atomic E-state index is 0.0378. The standard InChI is InChI=1S/C22H25N5O.C15H11N3O2.C13H20N2/c1-25(20-9-12-26(13-10-20)15-18-6-3-2-4-7-18)22(28)27-16-21(24-17-27)19-8-5-11-23-14-19;19-15(20-13-6-2-1-3-7-13)18-10-14(17-11-18)12-5-4-8-16-9-12;1-14-13-7-9-15(10-8-13)11-12-5-3-2-4-6-12/h2-8,11,14,16-17,20H,9-10,12-13,15H2,1H3;1-11H;2-6,13-14H,7-11H2,1H3. The van der Waals surface area contributed by atoms with E-state index in [9.17, 15) is 9.59 Å². The molecule has 2 aliphatic heterocycles. The number of nitrogens with one attached hydrogen (secondary N) is 1. The first-order valence-corrected chi connectivity index (χ1v) is 21.5. The third-order valence-corrected chi connectivity index (χ3v) is 11.4. The molecular formula is C50H56N10O3. The van der Waals surface area contributed by atoms with E-state index in [0.29, 0.717) is 11.4 Å². The van der Waals surface area contributed by atoms with E-state index in [1.807, 2.05) is 48.3 Å². The second kappa shape index (κ2) is 22.9. The number of pyridine rings is 2. The van der Waals surface area contributed by atoms with Gasteiger partial charge in [-0.25, -0.2) is 24.1 Å². The molecule has 0 bridgehead atoms. The van der Waals surface area contributed by atoms with Crippen molar-refractivity contribution in [1.82, 2.24) is 49.1 Å². The molecule has 0 aliphatic carbocycles. The van der Waals surface area contributed by atoms with Crippen LogP contribution in [0.1, 0.15) is 36.8 Å². The molecule has 4 aromatic heterocycles. The number of carbonyl (C=O) groups excluding carboxylic acids is 2. The molecule has 63 heavy (non-hydrogen) atoms. The minimum atomic E-state index is -0.501. The Kier molecular flexibility index (Phi) is 16.1. The molecule has 6 heterocycles. The van der Waals surface area contributed by atoms with E-state index < -0.39 is 6.09 Å². The van der Waals surface area contributed by atoms with E-state index in [4.69, 9.17) is 4.74 Å². The predicted octanol–water partition coefficient (Wildman–Crippen LogP) is 8.37. The predicted molar refractivity (Wildman–Crippen MR) is 246 cm³/mol. The van der Waals surface area contributed by atoms with Crippen molar-refractivity contribution < 1.29 is 14.3 Å². The maximum Gasteiger partial charge on any atom is 0.424 e. The smallest absolute Gasteiger partial charge is 0.410 e. The maximum atomic E-state index is 12.9. The highest BCUT2D eigenvalue weighted by Crippen LogP contribution is 2.21. The van der Waals surface area contributed by atoms with Crippen LogP contribution in [0.4, 0.5) is 9.59 Å². The summed E-state index contributed by atoms with van der Waals surface area (Å²) in [6.07, 6.45) is 17.3. The van der Waals surface area contributed by atoms with E-state index in [2.05, 4.69) is 96.7 Å². The first-order chi connectivity index (χ1) is 30.9. The molecule has 2 aliphatic rings. The number of amides is 1. The number of likely N-dealkylation sites (tertiary alicyclic amines) is 2. The van der Waals surface area contributed by atoms with Crippen molar-refractivity contribution in [1.29, 1.82) is 0 Å². The highest BCUT2D eigenvalue weighted by molar-refractivity contribution is 5.78. The Hall–Kier alpha value is -6.80. The van der Waals surface area contributed by atoms with Gasteiger partial charge in [-0.2, -0.15) is 0 Å². The van der Waals surface area contributed by atoms with Crippen LogP contribution in [0.25, 0.3) is 22.5 Å². The van der Waals surface area contributed by atoms with Crippen molar-refractivity contribution in [3.8, 4) is 28.3 Å². The molecule has 7 aromatic rings. The van der Waals surface area contributed by atoms with Gasteiger partial charge >= 0.3 is 12.1 Å². The van der Waals surface area contributed by atoms with E-state index in [-0.39, 0.29) is 12.1 Å². The highest BCUT2D eigenvalue weighted by Gasteiger charge is 2.26. The van der Waals surface area contributed by atoms with Gasteiger partial charge < -0.3 is 15.0 Å². The van der Waals surface area contributed by atoms with Gasteiger partial charge in [0.15, 0.2) is 0 Å². The molecule has 3 aromatic carbocycles. The summed E-state index contributed by atoms with van der Waals surface area (Å²) in [7, 11) is 3.96. The second-order valence-electron chi connectivity index (χ2n) is 15.7. The van der Waals surface area contributed by atoms with Crippen molar-refractivity contribution in [2.24, 2.45) is 0 Å². The third-order valence-electron chi connectivity index (χ3n) is 11.4. The van der Waals surface area contributed by atoms with Crippen LogP contribution in [-0.4, -0.2) is 108 Å². The first-order valence-electron chi connectivity index (χ1n) is 21.5. The first kappa shape index (κ1) is 44.3. The zero-order chi connectivity index (χ0) is 43.6. The SMILES string of the molecule is CN(C(=O)n1cnc(-c2cccnc2)c1)C1CCN(Cc2ccccc2)CC1.CNC1CCN(Cc2ccccc2)CC1.O=C(Oc1ccccc1)n1cnc(-c2cccnc2)c1. The van der Waals surface area contributed by atoms with Crippen molar-refractivity contribution >= 4 is 12.1 Å². The van der Waals surface area contributed by atoms with Crippen molar-refractivity contribution in [3.63, 3.8) is 0 Å². The molecule has 2 fully saturated rings. The molecule has 0 unspecified atom stereocenters. The molecular weight excluding hydrogens is 789 g/mol. The fourth-order valence-corrected chi connectivity index (χ4v) is 7.68. The summed E-state index contributed by atoms with van der Waals surface area (Å²) in [6, 6.07) is 38.6. The monoisotopic (exact) mass is 844 g/mol. The van der Waals surface area contributed by atoms with E-state index in [1.54, 1.807) is 72.3 Å². The van der Waals surface area contributed by atoms with Gasteiger partial charge in [0.1, 0.15) is 18.4 Å². The number of carbonyl (C=O) groups is 2. The van der Waals surface area contributed by atoms with Crippen LogP contribution >= 0.6 is 0 Å². The van der Waals surface area contributed by atoms with Crippen LogP contribution in [0.3, 0.4) is 0 Å². The van der Waals surface area contributed by atoms with Crippen molar-refractivity contribution in [2.75, 3.05) is 40.3 Å². The van der Waals surface area contributed by atoms with Crippen LogP contribution in [-0.2, 0) is 13.1 Å². The van der Waals surface area contributed by atoms with Gasteiger partial charge in [-0.15, -0.1) is 0 Å². The number of nitrogens with zero attached hydrogens (tertiary/aromatic N) is 9. The number of aromatic nitrogens is 6. The van der Waals surface area contributed by atoms with Crippen molar-refractivity contribution in [3.05, 3.63) is 176 Å². The molecule has 13 nitrogen and oxygen atoms in total. The van der Waals surface area contributed by atoms with Crippen LogP contribution in [0.5, 0.6) is 5.75 Å². The number of para-hydroxylation sites is 1. The molecule has 13 heteroatoms. The van der Waals surface area contributed by atoms with Gasteiger partial charge in [-0.1, -0.05) is 78.9 Å². The summed E-state index contributed by atoms with van der Waals surface area (Å²) in [5, 5.41) is 3.36. The largest absolute Gasteiger partial charge is 0.424 e. The molecule has 0 spiro atoms. The molecule has 9 rings (SSSR count). The van der Waals surface area contributed by atoms with Gasteiger partial charge in [0, 0.05) is 93.6 Å². The number of rotatable bonds is 9. The lowest BCUT2D eigenvalue weighted by molar-refractivity contribution is 0.132. The van der Waals surface area contributed by atoms with E-state index >= 15 is 0 Å². The van der Waals surface area contributed by atoms with Gasteiger partial charge in [-0.3, -0.25) is 24.3 Å². The summed E-state index contributed by atoms with van der Waals surface area (Å²) in [6.45, 7) is 6.53. The normalized spacial score (nSPS) is 14.7. The Labute approximate surface area is 370 Å². The lowest BCUT2D eigenvalue weighted by Crippen LogP contribution is -2.46. The molecule has 0 radical (unpaired) electrons. The molecule has 1 N–H and O–H groups in total. The number of hydrogen-bond acceptors (Lipinski definition) is 10. The Balaban J connectivity index is 0.000000149. The second-order valence-corrected chi connectivity index (χ2v) is 15.7. The fourth-order valence-electron chi connectivity index (χ4n) is 7.68. The number of ether oxygens (including phenoxy) is 1. The van der Waals surface area contributed by atoms with Crippen LogP contribution in [0, 0.1) is 0 Å². The van der Waals surface area contributed by atoms with Crippen LogP contribution in [0.2, 0.25) is 0 Å². The average Bonchev–Trinajstić information content (AvgIpc) is 4.06. The van der Waals surface area contributed by atoms with Crippen LogP contribution < -0.4 is 10.1 Å². The zero-order valence-corrected chi connectivity index (χ0v) is 36.1. The summed E-state index contributed by atoms with van der Waals surface area (Å²) in [5.41, 5.74) is 5.95. The quantitative estimate of drug-likeness (QED) is 0.152. The molecule has 0 atom stereocenters. The Morgan fingerprint density at radius 2 is 1.11 bits per heavy atom. The summed E-state index contributed by atoms with van der Waals surface area (Å²) < 4.78 is 8.09. The maximum absolute atomic E-state index is 12.9. The van der Waals surface area contributed by atoms with Crippen molar-refractivity contribution in [2.45, 2.75) is 50.9 Å². The Morgan fingerprint density at radius 3 is 1.60 bits per heavy atom. The Morgan fingerprint density at radius 1 is 0.635 bits per heavy atom. The van der Waals surface area contributed by atoms with Gasteiger partial charge in [-0.05, 0) is 93.3 Å². The summed E-state index contributed by atoms with van der Waals surface area (Å²) >= 11 is 0.